The van der Waals surface area contributed by atoms with E-state index in [0.29, 0.717) is 10.7 Å². The van der Waals surface area contributed by atoms with Crippen LogP contribution in [0.2, 0.25) is 5.15 Å². The first-order valence-corrected chi connectivity index (χ1v) is 7.86. The molecule has 1 aliphatic rings. The predicted molar refractivity (Wildman–Crippen MR) is 87.1 cm³/mol. The van der Waals surface area contributed by atoms with E-state index in [9.17, 15) is 18.4 Å². The Balaban J connectivity index is 1.92. The fourth-order valence-corrected chi connectivity index (χ4v) is 3.20. The Morgan fingerprint density at radius 2 is 2.08 bits per heavy atom. The first kappa shape index (κ1) is 17.3. The molecule has 0 unspecified atom stereocenters. The van der Waals surface area contributed by atoms with Gasteiger partial charge in [0.15, 0.2) is 11.6 Å². The van der Waals surface area contributed by atoms with Gasteiger partial charge in [0.2, 0.25) is 11.8 Å². The third kappa shape index (κ3) is 2.97. The Morgan fingerprint density at radius 3 is 2.72 bits per heavy atom. The molecule has 132 valence electrons. The smallest absolute Gasteiger partial charge is 0.237 e. The van der Waals surface area contributed by atoms with Gasteiger partial charge in [-0.2, -0.15) is 5.10 Å². The van der Waals surface area contributed by atoms with Crippen LogP contribution in [0.4, 0.5) is 14.5 Å². The molecule has 0 spiro atoms. The molecule has 1 aromatic heterocycles. The number of carbonyl (C=O) groups is 2. The van der Waals surface area contributed by atoms with Gasteiger partial charge in [0.1, 0.15) is 11.1 Å². The predicted octanol–water partition coefficient (Wildman–Crippen LogP) is 2.16. The van der Waals surface area contributed by atoms with Crippen LogP contribution in [0.1, 0.15) is 11.5 Å². The molecule has 1 N–H and O–H groups in total. The maximum atomic E-state index is 13.8. The van der Waals surface area contributed by atoms with E-state index in [1.807, 2.05) is 0 Å². The van der Waals surface area contributed by atoms with E-state index in [0.717, 1.165) is 6.07 Å². The third-order valence-electron chi connectivity index (χ3n) is 4.30. The maximum Gasteiger partial charge on any atom is 0.237 e. The van der Waals surface area contributed by atoms with Gasteiger partial charge in [-0.3, -0.25) is 14.3 Å². The Labute approximate surface area is 147 Å². The summed E-state index contributed by atoms with van der Waals surface area (Å²) in [5.41, 5.74) is 0.241. The van der Waals surface area contributed by atoms with Crippen LogP contribution in [0.15, 0.2) is 24.4 Å². The highest BCUT2D eigenvalue weighted by Gasteiger charge is 2.45. The lowest BCUT2D eigenvalue weighted by molar-refractivity contribution is -0.135. The molecule has 2 heterocycles. The van der Waals surface area contributed by atoms with Crippen molar-refractivity contribution in [2.45, 2.75) is 5.92 Å². The average molecular weight is 369 g/mol. The van der Waals surface area contributed by atoms with Gasteiger partial charge in [0, 0.05) is 32.1 Å². The number of anilines is 1. The van der Waals surface area contributed by atoms with Crippen molar-refractivity contribution < 1.29 is 18.4 Å². The maximum absolute atomic E-state index is 13.8. The Bertz CT molecular complexity index is 855. The molecule has 2 amide bonds. The van der Waals surface area contributed by atoms with Crippen molar-refractivity contribution in [3.05, 3.63) is 46.7 Å². The van der Waals surface area contributed by atoms with Crippen LogP contribution in [0, 0.1) is 17.6 Å². The van der Waals surface area contributed by atoms with Crippen LogP contribution >= 0.6 is 11.6 Å². The third-order valence-corrected chi connectivity index (χ3v) is 4.76. The van der Waals surface area contributed by atoms with E-state index < -0.39 is 35.3 Å². The zero-order valence-electron chi connectivity index (χ0n) is 13.5. The number of likely N-dealkylation sites (tertiary alicyclic amines) is 1. The summed E-state index contributed by atoms with van der Waals surface area (Å²) in [5.74, 6) is -5.03. The molecule has 0 aliphatic carbocycles. The van der Waals surface area contributed by atoms with Crippen LogP contribution in [0.3, 0.4) is 0 Å². The van der Waals surface area contributed by atoms with Gasteiger partial charge < -0.3 is 10.2 Å². The number of halogens is 3. The number of aromatic nitrogens is 2. The van der Waals surface area contributed by atoms with Crippen LogP contribution in [0.25, 0.3) is 0 Å². The summed E-state index contributed by atoms with van der Waals surface area (Å²) >= 11 is 6.19. The largest absolute Gasteiger partial charge is 0.344 e. The number of nitrogens with one attached hydrogen (secondary N) is 1. The molecule has 25 heavy (non-hydrogen) atoms. The Hall–Kier alpha value is -2.48. The van der Waals surface area contributed by atoms with E-state index in [2.05, 4.69) is 10.4 Å². The molecule has 0 bridgehead atoms. The fourth-order valence-electron chi connectivity index (χ4n) is 2.97. The summed E-state index contributed by atoms with van der Waals surface area (Å²) in [7, 11) is 3.21. The van der Waals surface area contributed by atoms with Crippen LogP contribution < -0.4 is 5.32 Å². The van der Waals surface area contributed by atoms with Crippen LogP contribution in [0.5, 0.6) is 0 Å². The fraction of sp³-hybridized carbons (Fsp3) is 0.312. The molecule has 1 aromatic carbocycles. The number of hydrogen-bond donors (Lipinski definition) is 1. The van der Waals surface area contributed by atoms with Gasteiger partial charge in [0.25, 0.3) is 0 Å². The minimum absolute atomic E-state index is 0.272. The highest BCUT2D eigenvalue weighted by molar-refractivity contribution is 6.30. The lowest BCUT2D eigenvalue weighted by Crippen LogP contribution is -2.33. The summed E-state index contributed by atoms with van der Waals surface area (Å²) in [6.45, 7) is 0.272. The van der Waals surface area contributed by atoms with E-state index in [4.69, 9.17) is 11.6 Å². The van der Waals surface area contributed by atoms with Gasteiger partial charge in [-0.05, 0) is 12.1 Å². The zero-order valence-corrected chi connectivity index (χ0v) is 14.2. The van der Waals surface area contributed by atoms with Crippen molar-refractivity contribution in [2.75, 3.05) is 18.9 Å². The second-order valence-corrected chi connectivity index (χ2v) is 6.27. The minimum atomic E-state index is -1.18. The summed E-state index contributed by atoms with van der Waals surface area (Å²) < 4.78 is 28.5. The van der Waals surface area contributed by atoms with Crippen molar-refractivity contribution in [3.8, 4) is 0 Å². The van der Waals surface area contributed by atoms with E-state index >= 15 is 0 Å². The average Bonchev–Trinajstić information content (AvgIpc) is 3.04. The molecule has 0 radical (unpaired) electrons. The second-order valence-electron chi connectivity index (χ2n) is 5.91. The molecule has 1 fully saturated rings. The van der Waals surface area contributed by atoms with Gasteiger partial charge >= 0.3 is 0 Å². The molecular weight excluding hydrogens is 354 g/mol. The van der Waals surface area contributed by atoms with Gasteiger partial charge in [-0.1, -0.05) is 17.7 Å². The molecule has 1 saturated heterocycles. The topological polar surface area (TPSA) is 67.2 Å². The summed E-state index contributed by atoms with van der Waals surface area (Å²) in [6.07, 6.45) is 1.50. The van der Waals surface area contributed by atoms with Crippen molar-refractivity contribution in [1.29, 1.82) is 0 Å². The number of benzene rings is 1. The molecule has 1 aliphatic heterocycles. The van der Waals surface area contributed by atoms with Gasteiger partial charge in [-0.25, -0.2) is 8.78 Å². The first-order chi connectivity index (χ1) is 11.8. The summed E-state index contributed by atoms with van der Waals surface area (Å²) in [4.78, 5) is 26.4. The first-order valence-electron chi connectivity index (χ1n) is 7.48. The quantitative estimate of drug-likeness (QED) is 0.844. The number of amides is 2. The van der Waals surface area contributed by atoms with Gasteiger partial charge in [-0.15, -0.1) is 0 Å². The van der Waals surface area contributed by atoms with Gasteiger partial charge in [0.05, 0.1) is 11.9 Å². The Kier molecular flexibility index (Phi) is 4.47. The number of carbonyl (C=O) groups excluding carboxylic acids is 2. The lowest BCUT2D eigenvalue weighted by atomic mass is 9.89. The SMILES string of the molecule is CN1C[C@H](c2cnn(C)c2Cl)[C@@H](C(=O)Nc2cccc(F)c2F)C1=O. The lowest BCUT2D eigenvalue weighted by Gasteiger charge is -2.16. The number of rotatable bonds is 3. The zero-order chi connectivity index (χ0) is 18.3. The summed E-state index contributed by atoms with van der Waals surface area (Å²) in [5, 5.41) is 6.65. The number of aryl methyl sites for hydroxylation is 1. The molecule has 3 rings (SSSR count). The monoisotopic (exact) mass is 368 g/mol. The number of likely N-dealkylation sites (N-methyl/N-ethyl adjacent to an activating group) is 1. The highest BCUT2D eigenvalue weighted by atomic mass is 35.5. The molecule has 0 saturated carbocycles. The van der Waals surface area contributed by atoms with E-state index in [-0.39, 0.29) is 12.2 Å². The molecule has 6 nitrogen and oxygen atoms in total. The van der Waals surface area contributed by atoms with Crippen LogP contribution in [-0.4, -0.2) is 40.1 Å². The van der Waals surface area contributed by atoms with E-state index in [1.165, 1.54) is 27.9 Å². The number of nitrogens with zero attached hydrogens (tertiary/aromatic N) is 3. The molecular formula is C16H15ClF2N4O2. The Morgan fingerprint density at radius 1 is 1.36 bits per heavy atom. The normalized spacial score (nSPS) is 20.2. The summed E-state index contributed by atoms with van der Waals surface area (Å²) in [6, 6.07) is 3.44. The molecule has 2 atom stereocenters. The van der Waals surface area contributed by atoms with Crippen molar-refractivity contribution in [1.82, 2.24) is 14.7 Å². The standard InChI is InChI=1S/C16H15ClF2N4O2/c1-22-7-9(8-6-20-23(2)14(8)17)12(16(22)25)15(24)21-11-5-3-4-10(18)13(11)19/h3-6,9,12H,7H2,1-2H3,(H,21,24)/t9-,12+/m1/s1. The minimum Gasteiger partial charge on any atom is -0.344 e. The number of hydrogen-bond acceptors (Lipinski definition) is 3. The molecule has 2 aromatic rings. The molecule has 9 heteroatoms. The van der Waals surface area contributed by atoms with Crippen molar-refractivity contribution >= 4 is 29.1 Å². The highest BCUT2D eigenvalue weighted by Crippen LogP contribution is 2.37. The van der Waals surface area contributed by atoms with Crippen molar-refractivity contribution in [2.24, 2.45) is 13.0 Å². The van der Waals surface area contributed by atoms with Crippen molar-refractivity contribution in [3.63, 3.8) is 0 Å². The second kappa shape index (κ2) is 6.44. The van der Waals surface area contributed by atoms with E-state index in [1.54, 1.807) is 14.1 Å². The van der Waals surface area contributed by atoms with Crippen LogP contribution in [-0.2, 0) is 16.6 Å².